The molecule has 36 heavy (non-hydrogen) atoms. The number of fused-ring (bicyclic) bond motifs is 3. The minimum Gasteiger partial charge on any atom is -0.496 e. The van der Waals surface area contributed by atoms with E-state index in [9.17, 15) is 14.0 Å². The molecule has 0 aliphatic carbocycles. The van der Waals surface area contributed by atoms with Gasteiger partial charge < -0.3 is 24.4 Å². The van der Waals surface area contributed by atoms with Crippen molar-refractivity contribution in [1.29, 1.82) is 0 Å². The fraction of sp³-hybridized carbons (Fsp3) is 0.286. The number of rotatable bonds is 6. The van der Waals surface area contributed by atoms with E-state index in [1.807, 2.05) is 42.5 Å². The molecule has 2 aliphatic heterocycles. The maximum atomic E-state index is 14.6. The monoisotopic (exact) mass is 490 g/mol. The summed E-state index contributed by atoms with van der Waals surface area (Å²) in [5, 5.41) is 2.92. The first-order chi connectivity index (χ1) is 17.4. The van der Waals surface area contributed by atoms with Crippen LogP contribution in [0.2, 0.25) is 0 Å². The number of para-hydroxylation sites is 2. The van der Waals surface area contributed by atoms with Crippen molar-refractivity contribution in [3.63, 3.8) is 0 Å². The molecule has 0 aromatic heterocycles. The van der Waals surface area contributed by atoms with Crippen molar-refractivity contribution in [2.75, 3.05) is 13.7 Å². The van der Waals surface area contributed by atoms with Gasteiger partial charge in [-0.2, -0.15) is 0 Å². The molecule has 1 saturated heterocycles. The first kappa shape index (κ1) is 23.8. The SMILES string of the molecule is COc1ccccc1CNC(=O)C1(C)COC2c3ccccc3OC2C(=O)N1Cc1ccccc1F. The summed E-state index contributed by atoms with van der Waals surface area (Å²) in [6, 6.07) is 20.9. The molecule has 1 fully saturated rings. The van der Waals surface area contributed by atoms with E-state index in [0.29, 0.717) is 17.1 Å². The van der Waals surface area contributed by atoms with Crippen LogP contribution in [0.3, 0.4) is 0 Å². The highest BCUT2D eigenvalue weighted by atomic mass is 19.1. The maximum absolute atomic E-state index is 14.6. The molecule has 2 amide bonds. The third-order valence-electron chi connectivity index (χ3n) is 6.81. The highest BCUT2D eigenvalue weighted by Gasteiger charge is 2.53. The summed E-state index contributed by atoms with van der Waals surface area (Å²) in [5.41, 5.74) is 0.404. The molecular formula is C28H27FN2O5. The summed E-state index contributed by atoms with van der Waals surface area (Å²) in [5.74, 6) is -0.118. The van der Waals surface area contributed by atoms with Gasteiger partial charge in [0.2, 0.25) is 12.0 Å². The van der Waals surface area contributed by atoms with E-state index in [1.54, 1.807) is 38.3 Å². The second-order valence-electron chi connectivity index (χ2n) is 9.09. The number of amides is 2. The molecule has 0 radical (unpaired) electrons. The number of nitrogens with one attached hydrogen (secondary N) is 1. The Balaban J connectivity index is 1.48. The van der Waals surface area contributed by atoms with Crippen molar-refractivity contribution < 1.29 is 28.2 Å². The molecule has 3 aromatic rings. The second kappa shape index (κ2) is 9.62. The topological polar surface area (TPSA) is 77.1 Å². The largest absolute Gasteiger partial charge is 0.496 e. The van der Waals surface area contributed by atoms with Crippen LogP contribution >= 0.6 is 0 Å². The Morgan fingerprint density at radius 3 is 2.53 bits per heavy atom. The third kappa shape index (κ3) is 4.18. The van der Waals surface area contributed by atoms with Crippen LogP contribution in [0.15, 0.2) is 72.8 Å². The van der Waals surface area contributed by atoms with E-state index in [4.69, 9.17) is 14.2 Å². The number of ether oxygens (including phenoxy) is 3. The number of halogens is 1. The molecule has 8 heteroatoms. The second-order valence-corrected chi connectivity index (χ2v) is 9.09. The number of nitrogens with zero attached hydrogens (tertiary/aromatic N) is 1. The Hall–Kier alpha value is -3.91. The van der Waals surface area contributed by atoms with Crippen LogP contribution in [0.1, 0.15) is 29.7 Å². The number of methoxy groups -OCH3 is 1. The summed E-state index contributed by atoms with van der Waals surface area (Å²) < 4.78 is 32.2. The van der Waals surface area contributed by atoms with Crippen molar-refractivity contribution in [2.24, 2.45) is 0 Å². The number of carbonyl (C=O) groups excluding carboxylic acids is 2. The van der Waals surface area contributed by atoms with E-state index in [-0.39, 0.29) is 19.7 Å². The first-order valence-electron chi connectivity index (χ1n) is 11.7. The molecule has 7 nitrogen and oxygen atoms in total. The lowest BCUT2D eigenvalue weighted by Crippen LogP contribution is -2.61. The van der Waals surface area contributed by atoms with E-state index >= 15 is 0 Å². The Kier molecular flexibility index (Phi) is 6.36. The van der Waals surface area contributed by atoms with Crippen LogP contribution in [0.25, 0.3) is 0 Å². The molecule has 2 heterocycles. The van der Waals surface area contributed by atoms with Gasteiger partial charge in [-0.3, -0.25) is 9.59 Å². The molecule has 1 N–H and O–H groups in total. The number of hydrogen-bond acceptors (Lipinski definition) is 5. The van der Waals surface area contributed by atoms with E-state index in [2.05, 4.69) is 5.32 Å². The van der Waals surface area contributed by atoms with Crippen LogP contribution in [0.5, 0.6) is 11.5 Å². The van der Waals surface area contributed by atoms with Crippen molar-refractivity contribution >= 4 is 11.8 Å². The lowest BCUT2D eigenvalue weighted by molar-refractivity contribution is -0.151. The predicted octanol–water partition coefficient (Wildman–Crippen LogP) is 3.77. The molecule has 3 aromatic carbocycles. The fourth-order valence-electron chi connectivity index (χ4n) is 4.72. The molecule has 5 rings (SSSR count). The molecule has 0 spiro atoms. The third-order valence-corrected chi connectivity index (χ3v) is 6.81. The van der Waals surface area contributed by atoms with Crippen molar-refractivity contribution in [1.82, 2.24) is 10.2 Å². The van der Waals surface area contributed by atoms with Gasteiger partial charge in [0.15, 0.2) is 0 Å². The smallest absolute Gasteiger partial charge is 0.268 e. The number of benzene rings is 3. The Labute approximate surface area is 208 Å². The molecule has 0 bridgehead atoms. The zero-order valence-corrected chi connectivity index (χ0v) is 20.1. The summed E-state index contributed by atoms with van der Waals surface area (Å²) in [6.07, 6.45) is -1.64. The zero-order chi connectivity index (χ0) is 25.3. The highest BCUT2D eigenvalue weighted by molar-refractivity contribution is 5.94. The van der Waals surface area contributed by atoms with Crippen molar-refractivity contribution in [3.8, 4) is 11.5 Å². The maximum Gasteiger partial charge on any atom is 0.268 e. The molecule has 0 saturated carbocycles. The first-order valence-corrected chi connectivity index (χ1v) is 11.7. The van der Waals surface area contributed by atoms with Gasteiger partial charge in [-0.05, 0) is 25.1 Å². The Bertz CT molecular complexity index is 1300. The van der Waals surface area contributed by atoms with Gasteiger partial charge in [0.25, 0.3) is 5.91 Å². The van der Waals surface area contributed by atoms with Crippen LogP contribution in [0.4, 0.5) is 4.39 Å². The normalized spacial score (nSPS) is 22.8. The lowest BCUT2D eigenvalue weighted by atomic mass is 9.97. The summed E-state index contributed by atoms with van der Waals surface area (Å²) in [7, 11) is 1.56. The molecule has 2 aliphatic rings. The van der Waals surface area contributed by atoms with Crippen molar-refractivity contribution in [3.05, 3.63) is 95.3 Å². The fourth-order valence-corrected chi connectivity index (χ4v) is 4.72. The van der Waals surface area contributed by atoms with Gasteiger partial charge in [-0.15, -0.1) is 0 Å². The zero-order valence-electron chi connectivity index (χ0n) is 20.1. The van der Waals surface area contributed by atoms with Crippen molar-refractivity contribution in [2.45, 2.75) is 37.8 Å². The average molecular weight is 491 g/mol. The standard InChI is InChI=1S/C28H27FN2O5/c1-28(27(33)30-15-18-9-4-7-13-22(18)34-2)17-35-24-20-11-5-8-14-23(20)36-25(24)26(32)31(28)16-19-10-3-6-12-21(19)29/h3-14,24-25H,15-17H2,1-2H3,(H,30,33). The van der Waals surface area contributed by atoms with Gasteiger partial charge >= 0.3 is 0 Å². The lowest BCUT2D eigenvalue weighted by Gasteiger charge is -2.38. The summed E-state index contributed by atoms with van der Waals surface area (Å²) >= 11 is 0. The van der Waals surface area contributed by atoms with Gasteiger partial charge in [0, 0.05) is 29.8 Å². The molecular weight excluding hydrogens is 463 g/mol. The van der Waals surface area contributed by atoms with Gasteiger partial charge in [-0.25, -0.2) is 4.39 Å². The molecule has 186 valence electrons. The summed E-state index contributed by atoms with van der Waals surface area (Å²) in [4.78, 5) is 29.0. The van der Waals surface area contributed by atoms with Crippen LogP contribution in [-0.4, -0.2) is 42.1 Å². The summed E-state index contributed by atoms with van der Waals surface area (Å²) in [6.45, 7) is 1.61. The van der Waals surface area contributed by atoms with Crippen LogP contribution in [0, 0.1) is 5.82 Å². The van der Waals surface area contributed by atoms with Crippen LogP contribution in [-0.2, 0) is 27.4 Å². The van der Waals surface area contributed by atoms with E-state index in [1.165, 1.54) is 11.0 Å². The molecule has 3 unspecified atom stereocenters. The quantitative estimate of drug-likeness (QED) is 0.569. The minimum atomic E-state index is -1.43. The average Bonchev–Trinajstić information content (AvgIpc) is 3.24. The van der Waals surface area contributed by atoms with E-state index < -0.39 is 35.4 Å². The predicted molar refractivity (Wildman–Crippen MR) is 130 cm³/mol. The minimum absolute atomic E-state index is 0.0934. The van der Waals surface area contributed by atoms with Gasteiger partial charge in [0.1, 0.15) is 29.0 Å². The highest BCUT2D eigenvalue weighted by Crippen LogP contribution is 2.43. The van der Waals surface area contributed by atoms with Crippen LogP contribution < -0.4 is 14.8 Å². The number of carbonyl (C=O) groups is 2. The number of hydrogen-bond donors (Lipinski definition) is 1. The Morgan fingerprint density at radius 1 is 1.06 bits per heavy atom. The van der Waals surface area contributed by atoms with Gasteiger partial charge in [-0.1, -0.05) is 54.6 Å². The Morgan fingerprint density at radius 2 is 1.75 bits per heavy atom. The molecule has 3 atom stereocenters. The van der Waals surface area contributed by atoms with E-state index in [0.717, 1.165) is 11.1 Å². The van der Waals surface area contributed by atoms with Gasteiger partial charge in [0.05, 0.1) is 13.7 Å².